The number of carbonyl (C=O) groups excluding carboxylic acids is 1. The minimum Gasteiger partial charge on any atom is -0.368 e. The monoisotopic (exact) mass is 219 g/mol. The largest absolute Gasteiger partial charge is 0.368 e. The second kappa shape index (κ2) is 5.85. The predicted octanol–water partition coefficient (Wildman–Crippen LogP) is 0.626. The summed E-state index contributed by atoms with van der Waals surface area (Å²) in [6.07, 6.45) is 0. The molecule has 0 aliphatic carbocycles. The van der Waals surface area contributed by atoms with Crippen molar-refractivity contribution in [2.24, 2.45) is 5.73 Å². The summed E-state index contributed by atoms with van der Waals surface area (Å²) in [6, 6.07) is 9.06. The van der Waals surface area contributed by atoms with Gasteiger partial charge in [0.05, 0.1) is 17.7 Å². The molecule has 1 aromatic carbocycles. The van der Waals surface area contributed by atoms with E-state index in [1.807, 2.05) is 25.1 Å². The van der Waals surface area contributed by atoms with Crippen LogP contribution in [0.4, 0.5) is 0 Å². The van der Waals surface area contributed by atoms with Crippen molar-refractivity contribution in [1.29, 1.82) is 5.26 Å². The minimum absolute atomic E-state index is 0.0768. The van der Waals surface area contributed by atoms with E-state index in [2.05, 4.69) is 5.48 Å². The molecule has 84 valence electrons. The van der Waals surface area contributed by atoms with Crippen LogP contribution in [0.2, 0.25) is 0 Å². The topological polar surface area (TPSA) is 88.1 Å². The zero-order valence-electron chi connectivity index (χ0n) is 8.93. The van der Waals surface area contributed by atoms with Crippen molar-refractivity contribution in [1.82, 2.24) is 5.48 Å². The van der Waals surface area contributed by atoms with E-state index in [9.17, 15) is 4.79 Å². The minimum atomic E-state index is -0.528. The van der Waals surface area contributed by atoms with Crippen LogP contribution in [0.15, 0.2) is 24.3 Å². The summed E-state index contributed by atoms with van der Waals surface area (Å²) in [4.78, 5) is 15.3. The Morgan fingerprint density at radius 1 is 1.56 bits per heavy atom. The number of amides is 1. The van der Waals surface area contributed by atoms with Gasteiger partial charge in [-0.2, -0.15) is 10.7 Å². The number of hydrogen-bond acceptors (Lipinski definition) is 4. The lowest BCUT2D eigenvalue weighted by Gasteiger charge is -2.13. The number of benzene rings is 1. The molecule has 1 aromatic rings. The van der Waals surface area contributed by atoms with E-state index in [0.29, 0.717) is 5.56 Å². The van der Waals surface area contributed by atoms with Gasteiger partial charge in [-0.1, -0.05) is 12.1 Å². The predicted molar refractivity (Wildman–Crippen MR) is 57.9 cm³/mol. The SMILES string of the molecule is CC(NOCC(N)=O)c1ccc(C#N)cc1. The van der Waals surface area contributed by atoms with Gasteiger partial charge in [0.2, 0.25) is 5.91 Å². The molecule has 0 spiro atoms. The maximum atomic E-state index is 10.4. The normalized spacial score (nSPS) is 11.8. The van der Waals surface area contributed by atoms with Gasteiger partial charge in [0.25, 0.3) is 0 Å². The van der Waals surface area contributed by atoms with Crippen molar-refractivity contribution in [3.8, 4) is 6.07 Å². The number of nitrogens with two attached hydrogens (primary N) is 1. The fourth-order valence-electron chi connectivity index (χ4n) is 1.15. The molecule has 16 heavy (non-hydrogen) atoms. The number of rotatable bonds is 5. The van der Waals surface area contributed by atoms with E-state index in [0.717, 1.165) is 5.56 Å². The Hall–Kier alpha value is -1.90. The number of primary amides is 1. The van der Waals surface area contributed by atoms with E-state index in [1.165, 1.54) is 0 Å². The van der Waals surface area contributed by atoms with Crippen LogP contribution in [-0.2, 0) is 9.63 Å². The summed E-state index contributed by atoms with van der Waals surface area (Å²) in [6.45, 7) is 1.71. The number of nitriles is 1. The van der Waals surface area contributed by atoms with Gasteiger partial charge in [-0.25, -0.2) is 0 Å². The van der Waals surface area contributed by atoms with Crippen molar-refractivity contribution in [2.45, 2.75) is 13.0 Å². The van der Waals surface area contributed by atoms with Crippen LogP contribution in [0.5, 0.6) is 0 Å². The first kappa shape index (κ1) is 12.2. The Kier molecular flexibility index (Phi) is 4.45. The molecule has 5 nitrogen and oxygen atoms in total. The third-order valence-electron chi connectivity index (χ3n) is 2.01. The molecule has 0 aliphatic heterocycles. The highest BCUT2D eigenvalue weighted by molar-refractivity contribution is 5.74. The molecular formula is C11H13N3O2. The van der Waals surface area contributed by atoms with Gasteiger partial charge in [-0.05, 0) is 24.6 Å². The van der Waals surface area contributed by atoms with Crippen LogP contribution in [-0.4, -0.2) is 12.5 Å². The molecule has 0 fully saturated rings. The zero-order chi connectivity index (χ0) is 12.0. The van der Waals surface area contributed by atoms with E-state index in [4.69, 9.17) is 15.8 Å². The van der Waals surface area contributed by atoms with E-state index < -0.39 is 5.91 Å². The Bertz CT molecular complexity index is 395. The maximum absolute atomic E-state index is 10.4. The number of hydroxylamine groups is 1. The third kappa shape index (κ3) is 3.69. The molecule has 5 heteroatoms. The molecule has 3 N–H and O–H groups in total. The summed E-state index contributed by atoms with van der Waals surface area (Å²) in [5, 5.41) is 8.63. The Labute approximate surface area is 93.8 Å². The molecular weight excluding hydrogens is 206 g/mol. The average Bonchev–Trinajstić information content (AvgIpc) is 2.28. The second-order valence-electron chi connectivity index (χ2n) is 3.33. The van der Waals surface area contributed by atoms with Crippen LogP contribution >= 0.6 is 0 Å². The lowest BCUT2D eigenvalue weighted by molar-refractivity contribution is -0.126. The highest BCUT2D eigenvalue weighted by Gasteiger charge is 2.05. The third-order valence-corrected chi connectivity index (χ3v) is 2.01. The molecule has 1 unspecified atom stereocenters. The molecule has 0 bridgehead atoms. The smallest absolute Gasteiger partial charge is 0.245 e. The molecule has 1 amide bonds. The fraction of sp³-hybridized carbons (Fsp3) is 0.273. The summed E-state index contributed by atoms with van der Waals surface area (Å²) in [5.74, 6) is -0.528. The Morgan fingerprint density at radius 2 is 2.19 bits per heavy atom. The highest BCUT2D eigenvalue weighted by Crippen LogP contribution is 2.12. The fourth-order valence-corrected chi connectivity index (χ4v) is 1.15. The van der Waals surface area contributed by atoms with Crippen LogP contribution in [0.25, 0.3) is 0 Å². The Balaban J connectivity index is 2.49. The van der Waals surface area contributed by atoms with Gasteiger partial charge in [-0.15, -0.1) is 0 Å². The average molecular weight is 219 g/mol. The zero-order valence-corrected chi connectivity index (χ0v) is 8.93. The van der Waals surface area contributed by atoms with Crippen molar-refractivity contribution in [3.63, 3.8) is 0 Å². The van der Waals surface area contributed by atoms with Gasteiger partial charge < -0.3 is 5.73 Å². The summed E-state index contributed by atoms with van der Waals surface area (Å²) in [7, 11) is 0. The number of hydrogen-bond donors (Lipinski definition) is 2. The molecule has 0 saturated heterocycles. The molecule has 0 heterocycles. The van der Waals surface area contributed by atoms with E-state index in [-0.39, 0.29) is 12.6 Å². The molecule has 1 rings (SSSR count). The molecule has 0 saturated carbocycles. The van der Waals surface area contributed by atoms with Crippen LogP contribution in [0, 0.1) is 11.3 Å². The van der Waals surface area contributed by atoms with Gasteiger partial charge >= 0.3 is 0 Å². The Morgan fingerprint density at radius 3 is 2.69 bits per heavy atom. The van der Waals surface area contributed by atoms with Gasteiger partial charge in [-0.3, -0.25) is 9.63 Å². The quantitative estimate of drug-likeness (QED) is 0.711. The molecule has 1 atom stereocenters. The van der Waals surface area contributed by atoms with E-state index in [1.54, 1.807) is 12.1 Å². The van der Waals surface area contributed by atoms with Crippen molar-refractivity contribution < 1.29 is 9.63 Å². The van der Waals surface area contributed by atoms with Gasteiger partial charge in [0, 0.05) is 0 Å². The molecule has 0 aliphatic rings. The number of nitrogens with zero attached hydrogens (tertiary/aromatic N) is 1. The van der Waals surface area contributed by atoms with Crippen LogP contribution in [0.3, 0.4) is 0 Å². The first-order chi connectivity index (χ1) is 7.63. The molecule has 0 radical (unpaired) electrons. The molecule has 0 aromatic heterocycles. The van der Waals surface area contributed by atoms with Crippen LogP contribution < -0.4 is 11.2 Å². The summed E-state index contributed by atoms with van der Waals surface area (Å²) >= 11 is 0. The van der Waals surface area contributed by atoms with Gasteiger partial charge in [0.15, 0.2) is 0 Å². The summed E-state index contributed by atoms with van der Waals surface area (Å²) < 4.78 is 0. The van der Waals surface area contributed by atoms with Gasteiger partial charge in [0.1, 0.15) is 6.61 Å². The van der Waals surface area contributed by atoms with Crippen molar-refractivity contribution >= 4 is 5.91 Å². The standard InChI is InChI=1S/C11H13N3O2/c1-8(14-16-7-11(13)15)10-4-2-9(6-12)3-5-10/h2-5,8,14H,7H2,1H3,(H2,13,15). The number of carbonyl (C=O) groups is 1. The maximum Gasteiger partial charge on any atom is 0.245 e. The lowest BCUT2D eigenvalue weighted by atomic mass is 10.1. The number of nitrogens with one attached hydrogen (secondary N) is 1. The van der Waals surface area contributed by atoms with Crippen molar-refractivity contribution in [2.75, 3.05) is 6.61 Å². The summed E-state index contributed by atoms with van der Waals surface area (Å²) in [5.41, 5.74) is 9.17. The van der Waals surface area contributed by atoms with Crippen molar-refractivity contribution in [3.05, 3.63) is 35.4 Å². The van der Waals surface area contributed by atoms with E-state index >= 15 is 0 Å². The second-order valence-corrected chi connectivity index (χ2v) is 3.33. The lowest BCUT2D eigenvalue weighted by Crippen LogP contribution is -2.26. The van der Waals surface area contributed by atoms with Crippen LogP contribution in [0.1, 0.15) is 24.1 Å². The first-order valence-electron chi connectivity index (χ1n) is 4.79. The highest BCUT2D eigenvalue weighted by atomic mass is 16.6. The first-order valence-corrected chi connectivity index (χ1v) is 4.79.